The van der Waals surface area contributed by atoms with Crippen LogP contribution in [0, 0.1) is 5.92 Å². The molecule has 3 rings (SSSR count). The molecule has 1 saturated heterocycles. The Kier molecular flexibility index (Phi) is 8.19. The summed E-state index contributed by atoms with van der Waals surface area (Å²) in [5.74, 6) is -0.973. The van der Waals surface area contributed by atoms with Crippen molar-refractivity contribution in [2.24, 2.45) is 5.92 Å². The van der Waals surface area contributed by atoms with Crippen LogP contribution in [0.25, 0.3) is 0 Å². The molecular weight excluding hydrogens is 469 g/mol. The second kappa shape index (κ2) is 10.7. The van der Waals surface area contributed by atoms with Gasteiger partial charge in [-0.2, -0.15) is 13.2 Å². The minimum absolute atomic E-state index is 0.136. The highest BCUT2D eigenvalue weighted by Gasteiger charge is 2.37. The van der Waals surface area contributed by atoms with Gasteiger partial charge in [0.2, 0.25) is 15.9 Å². The number of amides is 1. The average Bonchev–Trinajstić information content (AvgIpc) is 2.77. The molecule has 0 spiro atoms. The molecule has 1 fully saturated rings. The van der Waals surface area contributed by atoms with E-state index >= 15 is 0 Å². The number of rotatable bonds is 8. The van der Waals surface area contributed by atoms with Crippen molar-refractivity contribution >= 4 is 21.7 Å². The molecule has 0 aliphatic carbocycles. The SMILES string of the molecule is CC(C)NS(=O)(=O)Cc1ccc(CNC(=O)C2CCCN(c3ncccc3C(F)(F)F)C2)cc1. The molecule has 0 saturated carbocycles. The molecule has 1 amide bonds. The number of benzene rings is 1. The second-order valence-corrected chi connectivity index (χ2v) is 10.5. The molecule has 0 bridgehead atoms. The van der Waals surface area contributed by atoms with Crippen LogP contribution < -0.4 is 14.9 Å². The predicted octanol–water partition coefficient (Wildman–Crippen LogP) is 3.46. The van der Waals surface area contributed by atoms with Crippen molar-refractivity contribution in [1.82, 2.24) is 15.0 Å². The Morgan fingerprint density at radius 2 is 1.85 bits per heavy atom. The van der Waals surface area contributed by atoms with Crippen molar-refractivity contribution in [1.29, 1.82) is 0 Å². The smallest absolute Gasteiger partial charge is 0.355 e. The van der Waals surface area contributed by atoms with Gasteiger partial charge in [0.05, 0.1) is 17.2 Å². The molecule has 1 aliphatic heterocycles. The Hall–Kier alpha value is -2.66. The van der Waals surface area contributed by atoms with Gasteiger partial charge in [0.15, 0.2) is 0 Å². The summed E-state index contributed by atoms with van der Waals surface area (Å²) in [5, 5.41) is 2.84. The first-order valence-electron chi connectivity index (χ1n) is 11.1. The number of anilines is 1. The lowest BCUT2D eigenvalue weighted by molar-refractivity contribution is -0.137. The Bertz CT molecular complexity index is 1090. The molecule has 1 aromatic carbocycles. The number of carbonyl (C=O) groups is 1. The summed E-state index contributed by atoms with van der Waals surface area (Å²) in [6.45, 7) is 4.30. The standard InChI is InChI=1S/C23H29F3N4O3S/c1-16(2)29-34(32,33)15-18-9-7-17(8-10-18)13-28-22(31)19-5-4-12-30(14-19)21-20(23(24,25)26)6-3-11-27-21/h3,6-11,16,19,29H,4-5,12-15H2,1-2H3,(H,28,31). The van der Waals surface area contributed by atoms with Gasteiger partial charge >= 0.3 is 6.18 Å². The summed E-state index contributed by atoms with van der Waals surface area (Å²) in [5.41, 5.74) is 0.617. The van der Waals surface area contributed by atoms with E-state index in [2.05, 4.69) is 15.0 Å². The second-order valence-electron chi connectivity index (χ2n) is 8.72. The lowest BCUT2D eigenvalue weighted by Gasteiger charge is -2.34. The van der Waals surface area contributed by atoms with Crippen molar-refractivity contribution in [2.75, 3.05) is 18.0 Å². The fraction of sp³-hybridized carbons (Fsp3) is 0.478. The fourth-order valence-corrected chi connectivity index (χ4v) is 5.39. The zero-order chi connectivity index (χ0) is 24.9. The van der Waals surface area contributed by atoms with Gasteiger partial charge in [0, 0.05) is 31.9 Å². The quantitative estimate of drug-likeness (QED) is 0.582. The summed E-state index contributed by atoms with van der Waals surface area (Å²) in [6.07, 6.45) is -2.03. The van der Waals surface area contributed by atoms with E-state index in [1.165, 1.54) is 17.2 Å². The van der Waals surface area contributed by atoms with Crippen molar-refractivity contribution < 1.29 is 26.4 Å². The summed E-state index contributed by atoms with van der Waals surface area (Å²) < 4.78 is 66.7. The molecule has 2 heterocycles. The van der Waals surface area contributed by atoms with Crippen LogP contribution >= 0.6 is 0 Å². The van der Waals surface area contributed by atoms with Crippen LogP contribution in [0.2, 0.25) is 0 Å². The summed E-state index contributed by atoms with van der Waals surface area (Å²) >= 11 is 0. The van der Waals surface area contributed by atoms with Crippen LogP contribution in [0.1, 0.15) is 43.4 Å². The van der Waals surface area contributed by atoms with Crippen LogP contribution in [-0.2, 0) is 33.3 Å². The van der Waals surface area contributed by atoms with Crippen LogP contribution in [-0.4, -0.2) is 38.4 Å². The van der Waals surface area contributed by atoms with Gasteiger partial charge in [-0.1, -0.05) is 24.3 Å². The van der Waals surface area contributed by atoms with Gasteiger partial charge in [-0.05, 0) is 49.9 Å². The highest BCUT2D eigenvalue weighted by Crippen LogP contribution is 2.36. The van der Waals surface area contributed by atoms with Gasteiger partial charge in [0.25, 0.3) is 0 Å². The first-order valence-corrected chi connectivity index (χ1v) is 12.7. The lowest BCUT2D eigenvalue weighted by Crippen LogP contribution is -2.43. The van der Waals surface area contributed by atoms with E-state index in [9.17, 15) is 26.4 Å². The van der Waals surface area contributed by atoms with E-state index in [0.717, 1.165) is 11.6 Å². The van der Waals surface area contributed by atoms with E-state index in [-0.39, 0.29) is 36.6 Å². The van der Waals surface area contributed by atoms with Crippen LogP contribution in [0.5, 0.6) is 0 Å². The maximum atomic E-state index is 13.4. The van der Waals surface area contributed by atoms with E-state index in [4.69, 9.17) is 0 Å². The fourth-order valence-electron chi connectivity index (χ4n) is 3.96. The third-order valence-electron chi connectivity index (χ3n) is 5.45. The van der Waals surface area contributed by atoms with E-state index < -0.39 is 27.7 Å². The number of alkyl halides is 3. The molecule has 0 radical (unpaired) electrons. The number of pyridine rings is 1. The molecule has 34 heavy (non-hydrogen) atoms. The zero-order valence-corrected chi connectivity index (χ0v) is 19.9. The molecule has 1 atom stereocenters. The Morgan fingerprint density at radius 3 is 2.50 bits per heavy atom. The maximum Gasteiger partial charge on any atom is 0.419 e. The molecule has 1 unspecified atom stereocenters. The van der Waals surface area contributed by atoms with Crippen molar-refractivity contribution in [3.8, 4) is 0 Å². The molecular formula is C23H29F3N4O3S. The molecule has 2 N–H and O–H groups in total. The highest BCUT2D eigenvalue weighted by atomic mass is 32.2. The summed E-state index contributed by atoms with van der Waals surface area (Å²) in [6, 6.07) is 8.95. The topological polar surface area (TPSA) is 91.4 Å². The van der Waals surface area contributed by atoms with Crippen molar-refractivity contribution in [3.05, 3.63) is 59.3 Å². The first-order chi connectivity index (χ1) is 15.9. The normalized spacial score (nSPS) is 17.1. The number of hydrogen-bond acceptors (Lipinski definition) is 5. The molecule has 1 aromatic heterocycles. The van der Waals surface area contributed by atoms with Gasteiger partial charge in [-0.25, -0.2) is 18.1 Å². The Labute approximate surface area is 197 Å². The third-order valence-corrected chi connectivity index (χ3v) is 6.99. The number of nitrogens with one attached hydrogen (secondary N) is 2. The van der Waals surface area contributed by atoms with Crippen molar-refractivity contribution in [3.63, 3.8) is 0 Å². The van der Waals surface area contributed by atoms with Gasteiger partial charge in [-0.3, -0.25) is 4.79 Å². The summed E-state index contributed by atoms with van der Waals surface area (Å²) in [4.78, 5) is 18.2. The number of nitrogens with zero attached hydrogens (tertiary/aromatic N) is 2. The van der Waals surface area contributed by atoms with Crippen LogP contribution in [0.4, 0.5) is 19.0 Å². The van der Waals surface area contributed by atoms with E-state index in [1.54, 1.807) is 38.1 Å². The monoisotopic (exact) mass is 498 g/mol. The predicted molar refractivity (Wildman–Crippen MR) is 123 cm³/mol. The van der Waals surface area contributed by atoms with E-state index in [1.807, 2.05) is 0 Å². The zero-order valence-electron chi connectivity index (χ0n) is 19.1. The minimum Gasteiger partial charge on any atom is -0.355 e. The summed E-state index contributed by atoms with van der Waals surface area (Å²) in [7, 11) is -3.43. The number of hydrogen-bond donors (Lipinski definition) is 2. The van der Waals surface area contributed by atoms with Crippen LogP contribution in [0.15, 0.2) is 42.6 Å². The largest absolute Gasteiger partial charge is 0.419 e. The Balaban J connectivity index is 1.57. The van der Waals surface area contributed by atoms with Gasteiger partial charge in [-0.15, -0.1) is 0 Å². The Morgan fingerprint density at radius 1 is 1.18 bits per heavy atom. The first kappa shape index (κ1) is 26.0. The number of sulfonamides is 1. The molecule has 1 aliphatic rings. The van der Waals surface area contributed by atoms with Crippen LogP contribution in [0.3, 0.4) is 0 Å². The molecule has 7 nitrogen and oxygen atoms in total. The molecule has 2 aromatic rings. The van der Waals surface area contributed by atoms with Crippen molar-refractivity contribution in [2.45, 2.75) is 51.2 Å². The average molecular weight is 499 g/mol. The third kappa shape index (κ3) is 7.17. The lowest BCUT2D eigenvalue weighted by atomic mass is 9.96. The molecule has 186 valence electrons. The number of piperidine rings is 1. The highest BCUT2D eigenvalue weighted by molar-refractivity contribution is 7.88. The number of carbonyl (C=O) groups excluding carboxylic acids is 1. The minimum atomic E-state index is -4.52. The molecule has 11 heteroatoms. The van der Waals surface area contributed by atoms with Gasteiger partial charge in [0.1, 0.15) is 5.82 Å². The van der Waals surface area contributed by atoms with Gasteiger partial charge < -0.3 is 10.2 Å². The number of aromatic nitrogens is 1. The maximum absolute atomic E-state index is 13.4. The number of halogens is 3. The van der Waals surface area contributed by atoms with E-state index in [0.29, 0.717) is 24.9 Å².